The molecule has 17 heavy (non-hydrogen) atoms. The molecule has 6 heteroatoms. The number of anilines is 1. The third kappa shape index (κ3) is 1.90. The van der Waals surface area contributed by atoms with E-state index in [1.807, 2.05) is 17.5 Å². The number of hydrogen-bond donors (Lipinski definition) is 2. The van der Waals surface area contributed by atoms with Crippen molar-refractivity contribution >= 4 is 17.0 Å². The second-order valence-electron chi connectivity index (χ2n) is 3.46. The molecular formula is C11H9N5S. The first kappa shape index (κ1) is 9.98. The fourth-order valence-electron chi connectivity index (χ4n) is 1.44. The fraction of sp³-hybridized carbons (Fsp3) is 0. The lowest BCUT2D eigenvalue weighted by molar-refractivity contribution is 1.09. The van der Waals surface area contributed by atoms with E-state index in [0.29, 0.717) is 17.2 Å². The second kappa shape index (κ2) is 3.99. The van der Waals surface area contributed by atoms with Gasteiger partial charge < -0.3 is 5.73 Å². The summed E-state index contributed by atoms with van der Waals surface area (Å²) in [5.41, 5.74) is 6.91. The standard InChI is InChI=1S/C11H9N5S/c12-7-3-4-8(13-6-7)10-14-11(16-15-10)9-2-1-5-17-9/h1-6H,12H2,(H,14,15,16). The number of nitrogens with two attached hydrogens (primary N) is 1. The van der Waals surface area contributed by atoms with Gasteiger partial charge in [-0.2, -0.15) is 5.10 Å². The summed E-state index contributed by atoms with van der Waals surface area (Å²) in [7, 11) is 0. The number of hydrogen-bond acceptors (Lipinski definition) is 5. The average molecular weight is 243 g/mol. The predicted octanol–water partition coefficient (Wildman–Crippen LogP) is 2.18. The molecule has 3 aromatic heterocycles. The van der Waals surface area contributed by atoms with Crippen molar-refractivity contribution in [3.63, 3.8) is 0 Å². The number of H-pyrrole nitrogens is 1. The van der Waals surface area contributed by atoms with Crippen molar-refractivity contribution < 1.29 is 0 Å². The van der Waals surface area contributed by atoms with Crippen molar-refractivity contribution in [3.05, 3.63) is 35.8 Å². The minimum absolute atomic E-state index is 0.577. The quantitative estimate of drug-likeness (QED) is 0.722. The van der Waals surface area contributed by atoms with Crippen LogP contribution in [0.5, 0.6) is 0 Å². The molecule has 0 fully saturated rings. The van der Waals surface area contributed by atoms with Gasteiger partial charge in [0.1, 0.15) is 5.69 Å². The molecule has 3 aromatic rings. The third-order valence-electron chi connectivity index (χ3n) is 2.26. The number of aromatic amines is 1. The molecular weight excluding hydrogens is 234 g/mol. The molecule has 3 N–H and O–H groups in total. The molecule has 0 amide bonds. The number of aromatic nitrogens is 4. The van der Waals surface area contributed by atoms with Gasteiger partial charge in [-0.05, 0) is 23.6 Å². The molecule has 0 aliphatic rings. The molecule has 0 aromatic carbocycles. The van der Waals surface area contributed by atoms with Crippen LogP contribution in [0.3, 0.4) is 0 Å². The number of nitrogens with zero attached hydrogens (tertiary/aromatic N) is 3. The lowest BCUT2D eigenvalue weighted by Crippen LogP contribution is -1.89. The molecule has 5 nitrogen and oxygen atoms in total. The summed E-state index contributed by atoms with van der Waals surface area (Å²) < 4.78 is 0. The summed E-state index contributed by atoms with van der Waals surface area (Å²) in [6.45, 7) is 0. The smallest absolute Gasteiger partial charge is 0.200 e. The lowest BCUT2D eigenvalue weighted by Gasteiger charge is -1.94. The van der Waals surface area contributed by atoms with Gasteiger partial charge in [0.05, 0.1) is 16.8 Å². The second-order valence-corrected chi connectivity index (χ2v) is 4.41. The molecule has 0 saturated carbocycles. The average Bonchev–Trinajstić information content (AvgIpc) is 3.00. The summed E-state index contributed by atoms with van der Waals surface area (Å²) in [5, 5.41) is 9.04. The van der Waals surface area contributed by atoms with E-state index in [-0.39, 0.29) is 0 Å². The zero-order chi connectivity index (χ0) is 11.7. The van der Waals surface area contributed by atoms with Crippen LogP contribution < -0.4 is 5.73 Å². The highest BCUT2D eigenvalue weighted by Gasteiger charge is 2.08. The van der Waals surface area contributed by atoms with Gasteiger partial charge in [0.2, 0.25) is 0 Å². The highest BCUT2D eigenvalue weighted by molar-refractivity contribution is 7.13. The van der Waals surface area contributed by atoms with E-state index in [4.69, 9.17) is 5.73 Å². The molecule has 84 valence electrons. The van der Waals surface area contributed by atoms with Crippen molar-refractivity contribution in [1.82, 2.24) is 20.2 Å². The van der Waals surface area contributed by atoms with E-state index in [9.17, 15) is 0 Å². The Morgan fingerprint density at radius 2 is 2.18 bits per heavy atom. The van der Waals surface area contributed by atoms with Crippen LogP contribution >= 0.6 is 11.3 Å². The van der Waals surface area contributed by atoms with Crippen LogP contribution in [-0.4, -0.2) is 20.2 Å². The Labute approximate surface area is 101 Å². The monoisotopic (exact) mass is 243 g/mol. The summed E-state index contributed by atoms with van der Waals surface area (Å²) in [6, 6.07) is 7.55. The topological polar surface area (TPSA) is 80.5 Å². The summed E-state index contributed by atoms with van der Waals surface area (Å²) >= 11 is 1.61. The van der Waals surface area contributed by atoms with Crippen molar-refractivity contribution in [3.8, 4) is 22.2 Å². The van der Waals surface area contributed by atoms with E-state index in [1.54, 1.807) is 29.7 Å². The largest absolute Gasteiger partial charge is 0.397 e. The first-order valence-electron chi connectivity index (χ1n) is 5.01. The molecule has 0 radical (unpaired) electrons. The first-order valence-corrected chi connectivity index (χ1v) is 5.89. The zero-order valence-corrected chi connectivity index (χ0v) is 9.61. The maximum Gasteiger partial charge on any atom is 0.200 e. The van der Waals surface area contributed by atoms with Crippen LogP contribution in [0.1, 0.15) is 0 Å². The predicted molar refractivity (Wildman–Crippen MR) is 67.3 cm³/mol. The van der Waals surface area contributed by atoms with Gasteiger partial charge in [-0.25, -0.2) is 4.98 Å². The van der Waals surface area contributed by atoms with Crippen LogP contribution in [0.2, 0.25) is 0 Å². The molecule has 0 bridgehead atoms. The van der Waals surface area contributed by atoms with Crippen LogP contribution in [0.4, 0.5) is 5.69 Å². The van der Waals surface area contributed by atoms with Crippen LogP contribution in [-0.2, 0) is 0 Å². The summed E-state index contributed by atoms with van der Waals surface area (Å²) in [4.78, 5) is 9.62. The van der Waals surface area contributed by atoms with Gasteiger partial charge in [-0.1, -0.05) is 6.07 Å². The molecule has 0 saturated heterocycles. The van der Waals surface area contributed by atoms with Gasteiger partial charge in [0.25, 0.3) is 0 Å². The van der Waals surface area contributed by atoms with E-state index < -0.39 is 0 Å². The molecule has 3 heterocycles. The van der Waals surface area contributed by atoms with Crippen molar-refractivity contribution in [2.24, 2.45) is 0 Å². The van der Waals surface area contributed by atoms with Gasteiger partial charge in [-0.3, -0.25) is 10.1 Å². The third-order valence-corrected chi connectivity index (χ3v) is 3.13. The molecule has 0 aliphatic carbocycles. The van der Waals surface area contributed by atoms with Crippen LogP contribution in [0.25, 0.3) is 22.2 Å². The number of rotatable bonds is 2. The number of pyridine rings is 1. The number of nitrogens with one attached hydrogen (secondary N) is 1. The SMILES string of the molecule is Nc1ccc(-c2n[nH]c(-c3cccs3)n2)nc1. The minimum atomic E-state index is 0.577. The minimum Gasteiger partial charge on any atom is -0.397 e. The normalized spacial score (nSPS) is 10.6. The Hall–Kier alpha value is -2.21. The Morgan fingerprint density at radius 3 is 2.88 bits per heavy atom. The Bertz CT molecular complexity index is 612. The van der Waals surface area contributed by atoms with E-state index in [1.165, 1.54) is 0 Å². The van der Waals surface area contributed by atoms with Gasteiger partial charge >= 0.3 is 0 Å². The highest BCUT2D eigenvalue weighted by atomic mass is 32.1. The van der Waals surface area contributed by atoms with Gasteiger partial charge in [0, 0.05) is 0 Å². The number of thiophene rings is 1. The molecule has 0 atom stereocenters. The summed E-state index contributed by atoms with van der Waals surface area (Å²) in [5.74, 6) is 1.34. The molecule has 0 unspecified atom stereocenters. The summed E-state index contributed by atoms with van der Waals surface area (Å²) in [6.07, 6.45) is 1.59. The van der Waals surface area contributed by atoms with Crippen molar-refractivity contribution in [1.29, 1.82) is 0 Å². The van der Waals surface area contributed by atoms with E-state index in [0.717, 1.165) is 10.7 Å². The van der Waals surface area contributed by atoms with Crippen LogP contribution in [0.15, 0.2) is 35.8 Å². The molecule has 0 spiro atoms. The maximum absolute atomic E-state index is 5.58. The Balaban J connectivity index is 1.98. The lowest BCUT2D eigenvalue weighted by atomic mass is 10.3. The first-order chi connectivity index (χ1) is 8.33. The highest BCUT2D eigenvalue weighted by Crippen LogP contribution is 2.22. The maximum atomic E-state index is 5.58. The van der Waals surface area contributed by atoms with E-state index >= 15 is 0 Å². The van der Waals surface area contributed by atoms with Gasteiger partial charge in [-0.15, -0.1) is 11.3 Å². The zero-order valence-electron chi connectivity index (χ0n) is 8.79. The molecule has 0 aliphatic heterocycles. The number of nitrogen functional groups attached to an aromatic ring is 1. The fourth-order valence-corrected chi connectivity index (χ4v) is 2.10. The Morgan fingerprint density at radius 1 is 1.24 bits per heavy atom. The Kier molecular flexibility index (Phi) is 2.34. The molecule has 3 rings (SSSR count). The van der Waals surface area contributed by atoms with E-state index in [2.05, 4.69) is 20.2 Å². The van der Waals surface area contributed by atoms with Gasteiger partial charge in [0.15, 0.2) is 11.6 Å². The van der Waals surface area contributed by atoms with Crippen molar-refractivity contribution in [2.75, 3.05) is 5.73 Å². The van der Waals surface area contributed by atoms with Crippen LogP contribution in [0, 0.1) is 0 Å². The van der Waals surface area contributed by atoms with Crippen molar-refractivity contribution in [2.45, 2.75) is 0 Å².